The number of nitrogens with zero attached hydrogens (tertiary/aromatic N) is 1. The molecule has 5 rings (SSSR count). The van der Waals surface area contributed by atoms with Gasteiger partial charge in [-0.15, -0.1) is 0 Å². The van der Waals surface area contributed by atoms with Crippen LogP contribution in [0.25, 0.3) is 0 Å². The Morgan fingerprint density at radius 2 is 1.55 bits per heavy atom. The Balaban J connectivity index is 1.19. The minimum atomic E-state index is -0.490. The summed E-state index contributed by atoms with van der Waals surface area (Å²) in [5.74, 6) is 0.863. The first-order chi connectivity index (χ1) is 15.2. The topological polar surface area (TPSA) is 92.5 Å². The molecule has 3 heterocycles. The Morgan fingerprint density at radius 3 is 2.19 bits per heavy atom. The highest BCUT2D eigenvalue weighted by Crippen LogP contribution is 2.33. The summed E-state index contributed by atoms with van der Waals surface area (Å²) in [4.78, 5) is 13.7. The maximum Gasteiger partial charge on any atom is 0.248 e. The first-order valence-electron chi connectivity index (χ1n) is 10.6. The third-order valence-electron chi connectivity index (χ3n) is 5.87. The van der Waals surface area contributed by atoms with Crippen LogP contribution in [0.4, 0.5) is 5.69 Å². The Bertz CT molecular complexity index is 915. The molecule has 3 aliphatic rings. The van der Waals surface area contributed by atoms with Crippen molar-refractivity contribution in [3.8, 4) is 11.5 Å². The molecule has 0 saturated carbocycles. The lowest BCUT2D eigenvalue weighted by Crippen LogP contribution is -2.36. The van der Waals surface area contributed by atoms with E-state index in [2.05, 4.69) is 17.0 Å². The smallest absolute Gasteiger partial charge is 0.248 e. The first kappa shape index (κ1) is 20.1. The zero-order valence-corrected chi connectivity index (χ0v) is 17.1. The Labute approximate surface area is 180 Å². The molecule has 164 valence electrons. The molecule has 0 bridgehead atoms. The number of benzene rings is 2. The number of rotatable bonds is 6. The van der Waals surface area contributed by atoms with E-state index in [1.165, 1.54) is 5.69 Å². The number of carbonyl (C=O) groups excluding carboxylic acids is 1. The van der Waals surface area contributed by atoms with Crippen molar-refractivity contribution in [3.63, 3.8) is 0 Å². The molecule has 0 radical (unpaired) electrons. The van der Waals surface area contributed by atoms with Gasteiger partial charge < -0.3 is 34.3 Å². The predicted molar refractivity (Wildman–Crippen MR) is 113 cm³/mol. The molecule has 0 aliphatic carbocycles. The molecule has 3 saturated heterocycles. The second-order valence-corrected chi connectivity index (χ2v) is 7.89. The van der Waals surface area contributed by atoms with Crippen molar-refractivity contribution in [2.45, 2.75) is 24.4 Å². The number of nitrogens with two attached hydrogens (primary N) is 1. The summed E-state index contributed by atoms with van der Waals surface area (Å²) < 4.78 is 29.5. The van der Waals surface area contributed by atoms with Gasteiger partial charge in [0.1, 0.15) is 23.7 Å². The highest BCUT2D eigenvalue weighted by atomic mass is 16.6. The van der Waals surface area contributed by atoms with Crippen molar-refractivity contribution in [1.29, 1.82) is 0 Å². The lowest BCUT2D eigenvalue weighted by atomic mass is 10.1. The fraction of sp³-hybridized carbons (Fsp3) is 0.435. The molecule has 0 unspecified atom stereocenters. The first-order valence-corrected chi connectivity index (χ1v) is 10.6. The average Bonchev–Trinajstić information content (AvgIpc) is 3.38. The number of carbonyl (C=O) groups is 1. The Morgan fingerprint density at radius 1 is 0.903 bits per heavy atom. The number of ether oxygens (including phenoxy) is 5. The summed E-state index contributed by atoms with van der Waals surface area (Å²) in [5, 5.41) is 0. The van der Waals surface area contributed by atoms with E-state index in [0.717, 1.165) is 32.1 Å². The van der Waals surface area contributed by atoms with Crippen molar-refractivity contribution < 1.29 is 28.5 Å². The van der Waals surface area contributed by atoms with Crippen LogP contribution in [-0.4, -0.2) is 69.8 Å². The van der Waals surface area contributed by atoms with Gasteiger partial charge in [-0.25, -0.2) is 0 Å². The van der Waals surface area contributed by atoms with Crippen molar-refractivity contribution in [2.75, 3.05) is 44.4 Å². The second kappa shape index (κ2) is 8.74. The standard InChI is InChI=1S/C23H26N2O6/c24-23(26)15-2-1-3-18(12-15)31-20-14-29-21-19(13-28-22(20)21)30-17-6-4-16(5-7-17)25-8-10-27-11-9-25/h1-7,12,19-22H,8-11,13-14H2,(H2,24,26)/t19-,20+,21-,22-/m1/s1. The molecule has 3 aliphatic heterocycles. The van der Waals surface area contributed by atoms with Gasteiger partial charge in [-0.2, -0.15) is 0 Å². The zero-order chi connectivity index (χ0) is 21.2. The van der Waals surface area contributed by atoms with Crippen molar-refractivity contribution in [2.24, 2.45) is 5.73 Å². The molecule has 0 spiro atoms. The zero-order valence-electron chi connectivity index (χ0n) is 17.1. The van der Waals surface area contributed by atoms with Gasteiger partial charge in [-0.1, -0.05) is 6.07 Å². The molecule has 1 amide bonds. The maximum absolute atomic E-state index is 11.4. The van der Waals surface area contributed by atoms with Gasteiger partial charge in [-0.05, 0) is 42.5 Å². The van der Waals surface area contributed by atoms with Gasteiger partial charge in [-0.3, -0.25) is 4.79 Å². The van der Waals surface area contributed by atoms with Gasteiger partial charge in [0.2, 0.25) is 5.91 Å². The summed E-state index contributed by atoms with van der Waals surface area (Å²) in [5.41, 5.74) is 6.92. The van der Waals surface area contributed by atoms with Crippen LogP contribution >= 0.6 is 0 Å². The minimum absolute atomic E-state index is 0.204. The molecule has 2 aromatic rings. The van der Waals surface area contributed by atoms with Crippen molar-refractivity contribution >= 4 is 11.6 Å². The fourth-order valence-electron chi connectivity index (χ4n) is 4.26. The molecule has 2 N–H and O–H groups in total. The highest BCUT2D eigenvalue weighted by molar-refractivity contribution is 5.93. The van der Waals surface area contributed by atoms with E-state index in [-0.39, 0.29) is 24.4 Å². The number of amides is 1. The number of hydrogen-bond acceptors (Lipinski definition) is 7. The number of primary amides is 1. The van der Waals surface area contributed by atoms with Gasteiger partial charge in [0.15, 0.2) is 12.2 Å². The monoisotopic (exact) mass is 426 g/mol. The molecule has 31 heavy (non-hydrogen) atoms. The quantitative estimate of drug-likeness (QED) is 0.750. The molecular weight excluding hydrogens is 400 g/mol. The molecule has 3 fully saturated rings. The molecular formula is C23H26N2O6. The van der Waals surface area contributed by atoms with Crippen LogP contribution in [0, 0.1) is 0 Å². The van der Waals surface area contributed by atoms with E-state index in [9.17, 15) is 4.79 Å². The number of anilines is 1. The number of hydrogen-bond donors (Lipinski definition) is 1. The van der Waals surface area contributed by atoms with Crippen LogP contribution < -0.4 is 20.1 Å². The lowest BCUT2D eigenvalue weighted by molar-refractivity contribution is 0.0181. The molecule has 0 aromatic heterocycles. The van der Waals surface area contributed by atoms with Gasteiger partial charge in [0.25, 0.3) is 0 Å². The van der Waals surface area contributed by atoms with Crippen LogP contribution in [0.1, 0.15) is 10.4 Å². The summed E-state index contributed by atoms with van der Waals surface area (Å²) in [6, 6.07) is 14.9. The van der Waals surface area contributed by atoms with E-state index >= 15 is 0 Å². The maximum atomic E-state index is 11.4. The summed E-state index contributed by atoms with van der Waals surface area (Å²) in [6.45, 7) is 4.14. The normalized spacial score (nSPS) is 27.7. The van der Waals surface area contributed by atoms with E-state index in [1.54, 1.807) is 24.3 Å². The molecule has 2 aromatic carbocycles. The fourth-order valence-corrected chi connectivity index (χ4v) is 4.26. The predicted octanol–water partition coefficient (Wildman–Crippen LogP) is 1.61. The van der Waals surface area contributed by atoms with Gasteiger partial charge in [0, 0.05) is 24.3 Å². The summed E-state index contributed by atoms with van der Waals surface area (Å²) in [7, 11) is 0. The minimum Gasteiger partial charge on any atom is -0.485 e. The van der Waals surface area contributed by atoms with E-state index in [0.29, 0.717) is 24.5 Å². The van der Waals surface area contributed by atoms with E-state index in [1.807, 2.05) is 12.1 Å². The van der Waals surface area contributed by atoms with Crippen LogP contribution in [0.3, 0.4) is 0 Å². The third-order valence-corrected chi connectivity index (χ3v) is 5.87. The second-order valence-electron chi connectivity index (χ2n) is 7.89. The van der Waals surface area contributed by atoms with Gasteiger partial charge in [0.05, 0.1) is 26.4 Å². The molecule has 8 heteroatoms. The number of fused-ring (bicyclic) bond motifs is 1. The van der Waals surface area contributed by atoms with Crippen molar-refractivity contribution in [1.82, 2.24) is 0 Å². The van der Waals surface area contributed by atoms with Gasteiger partial charge >= 0.3 is 0 Å². The van der Waals surface area contributed by atoms with Crippen LogP contribution in [-0.2, 0) is 14.2 Å². The SMILES string of the molecule is NC(=O)c1cccc(O[C@H]2CO[C@H]3[C@@H]2OC[C@H]3Oc2ccc(N3CCOCC3)cc2)c1. The highest BCUT2D eigenvalue weighted by Gasteiger charge is 2.50. The summed E-state index contributed by atoms with van der Waals surface area (Å²) in [6.07, 6.45) is -0.909. The van der Waals surface area contributed by atoms with Crippen LogP contribution in [0.5, 0.6) is 11.5 Å². The molecule has 4 atom stereocenters. The largest absolute Gasteiger partial charge is 0.485 e. The molecule has 8 nitrogen and oxygen atoms in total. The summed E-state index contributed by atoms with van der Waals surface area (Å²) >= 11 is 0. The Kier molecular flexibility index (Phi) is 5.67. The third kappa shape index (κ3) is 4.32. The average molecular weight is 426 g/mol. The Hall–Kier alpha value is -2.81. The number of morpholine rings is 1. The lowest BCUT2D eigenvalue weighted by Gasteiger charge is -2.29. The van der Waals surface area contributed by atoms with Crippen molar-refractivity contribution in [3.05, 3.63) is 54.1 Å². The van der Waals surface area contributed by atoms with Crippen LogP contribution in [0.15, 0.2) is 48.5 Å². The van der Waals surface area contributed by atoms with E-state index in [4.69, 9.17) is 29.4 Å². The van der Waals surface area contributed by atoms with Crippen LogP contribution in [0.2, 0.25) is 0 Å². The van der Waals surface area contributed by atoms with E-state index < -0.39 is 5.91 Å².